The fraction of sp³-hybridized carbons (Fsp3) is 0.273. The average Bonchev–Trinajstić information content (AvgIpc) is 3.18. The Labute approximate surface area is 169 Å². The number of hydrogen-bond acceptors (Lipinski definition) is 5. The van der Waals surface area contributed by atoms with Crippen LogP contribution in [0.25, 0.3) is 26.8 Å². The zero-order chi connectivity index (χ0) is 20.1. The van der Waals surface area contributed by atoms with Crippen molar-refractivity contribution >= 4 is 23.5 Å². The van der Waals surface area contributed by atoms with Crippen molar-refractivity contribution in [2.45, 2.75) is 39.7 Å². The molecule has 142 valence electrons. The van der Waals surface area contributed by atoms with Crippen molar-refractivity contribution in [3.63, 3.8) is 0 Å². The molecule has 0 aliphatic carbocycles. The van der Waals surface area contributed by atoms with E-state index in [0.29, 0.717) is 23.7 Å². The summed E-state index contributed by atoms with van der Waals surface area (Å²) >= 11 is 1.30. The van der Waals surface area contributed by atoms with Gasteiger partial charge in [-0.25, -0.2) is 9.83 Å². The fourth-order valence-electron chi connectivity index (χ4n) is 3.08. The van der Waals surface area contributed by atoms with Gasteiger partial charge in [0.25, 0.3) is 0 Å². The predicted octanol–water partition coefficient (Wildman–Crippen LogP) is 5.51. The molecule has 0 bridgehead atoms. The van der Waals surface area contributed by atoms with Gasteiger partial charge in [-0.2, -0.15) is 4.37 Å². The molecule has 0 aliphatic heterocycles. The summed E-state index contributed by atoms with van der Waals surface area (Å²) in [5.74, 6) is 1.23. The van der Waals surface area contributed by atoms with E-state index >= 15 is 0 Å². The molecule has 6 heteroatoms. The van der Waals surface area contributed by atoms with E-state index in [1.165, 1.54) is 11.5 Å². The molecule has 5 nitrogen and oxygen atoms in total. The maximum absolute atomic E-state index is 11.0. The van der Waals surface area contributed by atoms with Crippen LogP contribution in [0.5, 0.6) is 5.75 Å². The summed E-state index contributed by atoms with van der Waals surface area (Å²) in [6.45, 7) is 13.4. The van der Waals surface area contributed by atoms with Gasteiger partial charge in [-0.1, -0.05) is 31.2 Å². The Morgan fingerprint density at radius 1 is 1.29 bits per heavy atom. The van der Waals surface area contributed by atoms with Crippen LogP contribution in [-0.4, -0.2) is 21.7 Å². The van der Waals surface area contributed by atoms with Crippen LogP contribution in [0.3, 0.4) is 0 Å². The first-order valence-corrected chi connectivity index (χ1v) is 9.91. The number of aldehydes is 1. The van der Waals surface area contributed by atoms with Gasteiger partial charge in [0.1, 0.15) is 17.0 Å². The minimum atomic E-state index is 0.00518. The van der Waals surface area contributed by atoms with Crippen molar-refractivity contribution in [1.29, 1.82) is 0 Å². The number of nitrogens with zero attached hydrogens (tertiary/aromatic N) is 3. The van der Waals surface area contributed by atoms with E-state index in [4.69, 9.17) is 16.3 Å². The largest absolute Gasteiger partial charge is 0.502 e. The molecule has 0 spiro atoms. The Morgan fingerprint density at radius 2 is 2.11 bits per heavy atom. The number of ether oxygens (including phenoxy) is 1. The summed E-state index contributed by atoms with van der Waals surface area (Å²) < 4.78 is 10.2. The number of aromatic nitrogens is 2. The Morgan fingerprint density at radius 3 is 2.79 bits per heavy atom. The number of hydrogen-bond donors (Lipinski definition) is 0. The lowest BCUT2D eigenvalue weighted by Crippen LogP contribution is -2.05. The molecule has 1 aromatic heterocycles. The van der Waals surface area contributed by atoms with Gasteiger partial charge in [-0.15, -0.1) is 0 Å². The highest BCUT2D eigenvalue weighted by molar-refractivity contribution is 7.09. The van der Waals surface area contributed by atoms with Crippen LogP contribution in [0.15, 0.2) is 36.4 Å². The maximum atomic E-state index is 11.0. The van der Waals surface area contributed by atoms with Crippen molar-refractivity contribution in [2.24, 2.45) is 0 Å². The average molecular weight is 391 g/mol. The highest BCUT2D eigenvalue weighted by Gasteiger charge is 2.15. The molecule has 0 N–H and O–H groups in total. The van der Waals surface area contributed by atoms with Gasteiger partial charge in [0.15, 0.2) is 5.82 Å². The molecule has 2 aromatic carbocycles. The van der Waals surface area contributed by atoms with E-state index in [-0.39, 0.29) is 6.10 Å². The fourth-order valence-corrected chi connectivity index (χ4v) is 3.76. The molecule has 0 atom stereocenters. The monoisotopic (exact) mass is 391 g/mol. The Balaban J connectivity index is 1.99. The van der Waals surface area contributed by atoms with E-state index in [2.05, 4.69) is 16.1 Å². The summed E-state index contributed by atoms with van der Waals surface area (Å²) in [6.07, 6.45) is 2.12. The molecule has 0 fully saturated rings. The maximum Gasteiger partial charge on any atom is 0.228 e. The van der Waals surface area contributed by atoms with Crippen molar-refractivity contribution in [3.8, 4) is 27.7 Å². The summed E-state index contributed by atoms with van der Waals surface area (Å²) in [5, 5.41) is 0.749. The van der Waals surface area contributed by atoms with Gasteiger partial charge in [0.05, 0.1) is 12.7 Å². The van der Waals surface area contributed by atoms with Crippen molar-refractivity contribution in [3.05, 3.63) is 58.9 Å². The van der Waals surface area contributed by atoms with Crippen LogP contribution in [0.1, 0.15) is 31.9 Å². The van der Waals surface area contributed by atoms with Crippen LogP contribution < -0.4 is 4.74 Å². The van der Waals surface area contributed by atoms with E-state index < -0.39 is 0 Å². The van der Waals surface area contributed by atoms with Crippen LogP contribution in [0.4, 0.5) is 5.69 Å². The summed E-state index contributed by atoms with van der Waals surface area (Å²) in [7, 11) is 0. The van der Waals surface area contributed by atoms with Gasteiger partial charge in [-0.05, 0) is 55.1 Å². The zero-order valence-corrected chi connectivity index (χ0v) is 16.9. The summed E-state index contributed by atoms with van der Waals surface area (Å²) in [4.78, 5) is 19.3. The highest BCUT2D eigenvalue weighted by atomic mass is 32.1. The molecule has 0 saturated heterocycles. The van der Waals surface area contributed by atoms with Crippen LogP contribution in [0, 0.1) is 6.57 Å². The quantitative estimate of drug-likeness (QED) is 0.393. The van der Waals surface area contributed by atoms with Crippen LogP contribution >= 0.6 is 11.5 Å². The molecular formula is C22H21N3O2S. The predicted molar refractivity (Wildman–Crippen MR) is 112 cm³/mol. The lowest BCUT2D eigenvalue weighted by atomic mass is 9.96. The lowest BCUT2D eigenvalue weighted by molar-refractivity contribution is -0.107. The molecule has 0 aliphatic rings. The smallest absolute Gasteiger partial charge is 0.228 e. The summed E-state index contributed by atoms with van der Waals surface area (Å²) in [6, 6.07) is 11.4. The second kappa shape index (κ2) is 8.77. The van der Waals surface area contributed by atoms with E-state index in [0.717, 1.165) is 40.0 Å². The highest BCUT2D eigenvalue weighted by Crippen LogP contribution is 2.35. The molecule has 3 aromatic rings. The number of rotatable bonds is 7. The second-order valence-corrected chi connectivity index (χ2v) is 7.30. The third kappa shape index (κ3) is 4.10. The Hall–Kier alpha value is -3.04. The Bertz CT molecular complexity index is 1030. The third-order valence-corrected chi connectivity index (χ3v) is 5.05. The molecule has 3 rings (SSSR count). The van der Waals surface area contributed by atoms with Gasteiger partial charge in [-0.3, -0.25) is 0 Å². The minimum Gasteiger partial charge on any atom is -0.502 e. The van der Waals surface area contributed by atoms with Crippen molar-refractivity contribution in [2.75, 3.05) is 0 Å². The van der Waals surface area contributed by atoms with Crippen molar-refractivity contribution in [1.82, 2.24) is 9.36 Å². The first kappa shape index (κ1) is 19.7. The molecular weight excluding hydrogens is 370 g/mol. The molecule has 0 saturated carbocycles. The first-order chi connectivity index (χ1) is 13.6. The number of carbonyl (C=O) groups excluding carboxylic acids is 1. The van der Waals surface area contributed by atoms with E-state index in [1.54, 1.807) is 6.07 Å². The van der Waals surface area contributed by atoms with Gasteiger partial charge in [0, 0.05) is 17.5 Å². The molecule has 0 unspecified atom stereocenters. The molecule has 0 radical (unpaired) electrons. The van der Waals surface area contributed by atoms with Gasteiger partial charge >= 0.3 is 0 Å². The van der Waals surface area contributed by atoms with Crippen LogP contribution in [-0.2, 0) is 17.6 Å². The number of benzene rings is 2. The standard InChI is InChI=1S/C22H21N3O2S/c1-5-17-15(11-12-26)7-6-8-18(17)21-24-22(28-25-21)16-9-10-20(27-14(2)3)19(13-16)23-4/h6-10,12-14H,5,11H2,1-3H3. The van der Waals surface area contributed by atoms with Gasteiger partial charge < -0.3 is 9.53 Å². The van der Waals surface area contributed by atoms with Crippen LogP contribution in [0.2, 0.25) is 0 Å². The second-order valence-electron chi connectivity index (χ2n) is 6.55. The number of carbonyl (C=O) groups is 1. The molecule has 28 heavy (non-hydrogen) atoms. The van der Waals surface area contributed by atoms with E-state index in [9.17, 15) is 4.79 Å². The first-order valence-electron chi connectivity index (χ1n) is 9.14. The third-order valence-electron chi connectivity index (χ3n) is 4.29. The zero-order valence-electron chi connectivity index (χ0n) is 16.1. The normalized spacial score (nSPS) is 10.7. The molecule has 1 heterocycles. The van der Waals surface area contributed by atoms with Crippen molar-refractivity contribution < 1.29 is 9.53 Å². The minimum absolute atomic E-state index is 0.00518. The lowest BCUT2D eigenvalue weighted by Gasteiger charge is -2.11. The Kier molecular flexibility index (Phi) is 6.17. The van der Waals surface area contributed by atoms with Gasteiger partial charge in [0.2, 0.25) is 5.69 Å². The SMILES string of the molecule is [C-]#[N+]c1cc(-c2nc(-c3cccc(CC=O)c3CC)ns2)ccc1OC(C)C. The topological polar surface area (TPSA) is 56.4 Å². The molecule has 0 amide bonds. The summed E-state index contributed by atoms with van der Waals surface area (Å²) in [5.41, 5.74) is 4.37. The van der Waals surface area contributed by atoms with E-state index in [1.807, 2.05) is 44.2 Å².